The van der Waals surface area contributed by atoms with Gasteiger partial charge in [-0.25, -0.2) is 0 Å². The fourth-order valence-corrected chi connectivity index (χ4v) is 7.59. The van der Waals surface area contributed by atoms with Crippen molar-refractivity contribution in [1.82, 2.24) is 5.32 Å². The summed E-state index contributed by atoms with van der Waals surface area (Å²) in [6.07, 6.45) is 45.9. The first-order chi connectivity index (χ1) is 29.3. The van der Waals surface area contributed by atoms with E-state index in [4.69, 9.17) is 9.47 Å². The average molecular weight is 848 g/mol. The van der Waals surface area contributed by atoms with Crippen LogP contribution >= 0.6 is 0 Å². The number of ether oxygens (including phenoxy) is 2. The molecule has 0 aromatic rings. The topological polar surface area (TPSA) is 149 Å². The van der Waals surface area contributed by atoms with E-state index in [0.717, 1.165) is 57.8 Å². The first-order valence-electron chi connectivity index (χ1n) is 24.9. The zero-order valence-electron chi connectivity index (χ0n) is 38.5. The minimum Gasteiger partial charge on any atom is -0.394 e. The van der Waals surface area contributed by atoms with Gasteiger partial charge in [-0.2, -0.15) is 0 Å². The molecule has 1 saturated heterocycles. The highest BCUT2D eigenvalue weighted by molar-refractivity contribution is 5.76. The molecule has 1 rings (SSSR count). The smallest absolute Gasteiger partial charge is 0.220 e. The Balaban J connectivity index is 2.36. The molecule has 1 heterocycles. The van der Waals surface area contributed by atoms with Gasteiger partial charge in [0.2, 0.25) is 5.91 Å². The third-order valence-electron chi connectivity index (χ3n) is 11.6. The van der Waals surface area contributed by atoms with Crippen molar-refractivity contribution in [3.05, 3.63) is 48.6 Å². The quantitative estimate of drug-likeness (QED) is 0.0263. The van der Waals surface area contributed by atoms with Crippen LogP contribution in [0.15, 0.2) is 48.6 Å². The lowest BCUT2D eigenvalue weighted by molar-refractivity contribution is -0.302. The van der Waals surface area contributed by atoms with E-state index in [2.05, 4.69) is 55.6 Å². The second-order valence-corrected chi connectivity index (χ2v) is 17.2. The predicted molar refractivity (Wildman–Crippen MR) is 249 cm³/mol. The van der Waals surface area contributed by atoms with Crippen molar-refractivity contribution in [2.75, 3.05) is 13.2 Å². The van der Waals surface area contributed by atoms with E-state index in [-0.39, 0.29) is 12.5 Å². The van der Waals surface area contributed by atoms with Gasteiger partial charge in [-0.3, -0.25) is 4.79 Å². The van der Waals surface area contributed by atoms with Crippen molar-refractivity contribution in [2.24, 2.45) is 0 Å². The highest BCUT2D eigenvalue weighted by atomic mass is 16.7. The van der Waals surface area contributed by atoms with Gasteiger partial charge in [0, 0.05) is 6.42 Å². The lowest BCUT2D eigenvalue weighted by Crippen LogP contribution is -2.60. The Morgan fingerprint density at radius 1 is 0.550 bits per heavy atom. The number of amides is 1. The molecule has 60 heavy (non-hydrogen) atoms. The number of nitrogens with one attached hydrogen (secondary N) is 1. The molecule has 7 atom stereocenters. The predicted octanol–water partition coefficient (Wildman–Crippen LogP) is 11.0. The molecule has 1 fully saturated rings. The maximum Gasteiger partial charge on any atom is 0.220 e. The zero-order valence-corrected chi connectivity index (χ0v) is 38.5. The lowest BCUT2D eigenvalue weighted by atomic mass is 9.99. The Morgan fingerprint density at radius 3 is 1.42 bits per heavy atom. The van der Waals surface area contributed by atoms with Crippen molar-refractivity contribution in [3.8, 4) is 0 Å². The van der Waals surface area contributed by atoms with Crippen LogP contribution in [-0.4, -0.2) is 87.5 Å². The lowest BCUT2D eigenvalue weighted by Gasteiger charge is -2.40. The monoisotopic (exact) mass is 848 g/mol. The van der Waals surface area contributed by atoms with Crippen LogP contribution in [0.4, 0.5) is 0 Å². The molecule has 0 radical (unpaired) electrons. The SMILES string of the molecule is CCCCCC/C=C\CCCCCCCCCC(=O)NC(COC1OC(CO)C(O)C(O)C1O)C(O)/C=C/CC/C=C/CC/C=C/CCCCCCCCCCCCCC. The largest absolute Gasteiger partial charge is 0.394 e. The molecule has 350 valence electrons. The van der Waals surface area contributed by atoms with E-state index in [9.17, 15) is 30.3 Å². The normalized spacial score (nSPS) is 20.9. The van der Waals surface area contributed by atoms with Gasteiger partial charge in [0.25, 0.3) is 0 Å². The molecule has 1 aliphatic heterocycles. The van der Waals surface area contributed by atoms with Gasteiger partial charge in [0.15, 0.2) is 6.29 Å². The van der Waals surface area contributed by atoms with E-state index in [1.807, 2.05) is 6.08 Å². The van der Waals surface area contributed by atoms with Crippen LogP contribution in [-0.2, 0) is 14.3 Å². The van der Waals surface area contributed by atoms with E-state index in [1.54, 1.807) is 6.08 Å². The zero-order chi connectivity index (χ0) is 43.7. The van der Waals surface area contributed by atoms with Gasteiger partial charge >= 0.3 is 0 Å². The van der Waals surface area contributed by atoms with Gasteiger partial charge in [-0.15, -0.1) is 0 Å². The number of aliphatic hydroxyl groups excluding tert-OH is 5. The van der Waals surface area contributed by atoms with E-state index < -0.39 is 49.5 Å². The van der Waals surface area contributed by atoms with Crippen molar-refractivity contribution in [2.45, 2.75) is 256 Å². The molecule has 1 amide bonds. The van der Waals surface area contributed by atoms with Gasteiger partial charge in [0.1, 0.15) is 24.4 Å². The Bertz CT molecular complexity index is 1080. The highest BCUT2D eigenvalue weighted by Crippen LogP contribution is 2.22. The number of hydrogen-bond acceptors (Lipinski definition) is 8. The van der Waals surface area contributed by atoms with Crippen molar-refractivity contribution in [3.63, 3.8) is 0 Å². The number of aliphatic hydroxyl groups is 5. The fourth-order valence-electron chi connectivity index (χ4n) is 7.59. The first kappa shape index (κ1) is 56.2. The van der Waals surface area contributed by atoms with Crippen LogP contribution in [0.3, 0.4) is 0 Å². The van der Waals surface area contributed by atoms with E-state index >= 15 is 0 Å². The number of unbranched alkanes of at least 4 members (excludes halogenated alkanes) is 25. The second-order valence-electron chi connectivity index (χ2n) is 17.2. The third kappa shape index (κ3) is 31.1. The highest BCUT2D eigenvalue weighted by Gasteiger charge is 2.44. The Labute approximate surface area is 367 Å². The summed E-state index contributed by atoms with van der Waals surface area (Å²) in [4.78, 5) is 13.0. The number of carbonyl (C=O) groups is 1. The summed E-state index contributed by atoms with van der Waals surface area (Å²) in [5, 5.41) is 54.2. The minimum atomic E-state index is -1.58. The molecule has 7 unspecified atom stereocenters. The summed E-state index contributed by atoms with van der Waals surface area (Å²) in [5.74, 6) is -0.197. The number of rotatable bonds is 41. The number of allylic oxidation sites excluding steroid dienone is 7. The molecular formula is C51H93NO8. The summed E-state index contributed by atoms with van der Waals surface area (Å²) in [6, 6.07) is -0.830. The Kier molecular flexibility index (Phi) is 38.5. The molecule has 0 aromatic heterocycles. The summed E-state index contributed by atoms with van der Waals surface area (Å²) in [7, 11) is 0. The van der Waals surface area contributed by atoms with Crippen LogP contribution < -0.4 is 5.32 Å². The van der Waals surface area contributed by atoms with Gasteiger partial charge < -0.3 is 40.3 Å². The van der Waals surface area contributed by atoms with Crippen LogP contribution in [0.2, 0.25) is 0 Å². The summed E-state index contributed by atoms with van der Waals surface area (Å²) in [5.41, 5.74) is 0. The van der Waals surface area contributed by atoms with Crippen molar-refractivity contribution in [1.29, 1.82) is 0 Å². The molecule has 9 nitrogen and oxygen atoms in total. The molecule has 9 heteroatoms. The average Bonchev–Trinajstić information content (AvgIpc) is 3.25. The standard InChI is InChI=1S/C51H93NO8/c1-3-5-7-9-11-13-15-17-19-20-21-22-23-24-25-27-28-30-32-34-36-38-40-45(54)44(43-59-51-50(58)49(57)48(56)46(42-53)60-51)52-47(55)41-39-37-35-33-31-29-26-18-16-14-12-10-8-6-4-2/h14,16,24-25,30,32,38,40,44-46,48-51,53-54,56-58H,3-13,15,17-23,26-29,31,33-37,39,41-43H2,1-2H3,(H,52,55)/b16-14-,25-24+,32-30+,40-38+. The number of hydrogen-bond donors (Lipinski definition) is 6. The molecule has 0 spiro atoms. The van der Waals surface area contributed by atoms with Crippen LogP contribution in [0.1, 0.15) is 213 Å². The molecule has 0 bridgehead atoms. The maximum absolute atomic E-state index is 13.0. The molecule has 0 saturated carbocycles. The Morgan fingerprint density at radius 2 is 0.950 bits per heavy atom. The molecular weight excluding hydrogens is 755 g/mol. The first-order valence-corrected chi connectivity index (χ1v) is 24.9. The Hall–Kier alpha value is -1.85. The summed E-state index contributed by atoms with van der Waals surface area (Å²) < 4.78 is 11.2. The van der Waals surface area contributed by atoms with E-state index in [1.165, 1.54) is 135 Å². The number of carbonyl (C=O) groups excluding carboxylic acids is 1. The maximum atomic E-state index is 13.0. The van der Waals surface area contributed by atoms with Crippen LogP contribution in [0, 0.1) is 0 Å². The van der Waals surface area contributed by atoms with Gasteiger partial charge in [0.05, 0.1) is 25.4 Å². The third-order valence-corrected chi connectivity index (χ3v) is 11.6. The fraction of sp³-hybridized carbons (Fsp3) is 0.824. The summed E-state index contributed by atoms with van der Waals surface area (Å²) >= 11 is 0. The van der Waals surface area contributed by atoms with Gasteiger partial charge in [-0.1, -0.05) is 184 Å². The summed E-state index contributed by atoms with van der Waals surface area (Å²) in [6.45, 7) is 3.74. The molecule has 0 aliphatic carbocycles. The van der Waals surface area contributed by atoms with Crippen molar-refractivity contribution >= 4 is 5.91 Å². The second kappa shape index (κ2) is 41.2. The van der Waals surface area contributed by atoms with Crippen LogP contribution in [0.5, 0.6) is 0 Å². The molecule has 1 aliphatic rings. The van der Waals surface area contributed by atoms with Crippen LogP contribution in [0.25, 0.3) is 0 Å². The molecule has 0 aromatic carbocycles. The molecule has 6 N–H and O–H groups in total. The van der Waals surface area contributed by atoms with E-state index in [0.29, 0.717) is 6.42 Å². The minimum absolute atomic E-state index is 0.197. The van der Waals surface area contributed by atoms with Crippen molar-refractivity contribution < 1.29 is 39.8 Å². The van der Waals surface area contributed by atoms with Gasteiger partial charge in [-0.05, 0) is 70.6 Å².